The van der Waals surface area contributed by atoms with Crippen molar-refractivity contribution in [2.24, 2.45) is 5.10 Å². The van der Waals surface area contributed by atoms with Gasteiger partial charge in [-0.15, -0.1) is 0 Å². The zero-order valence-electron chi connectivity index (χ0n) is 10.8. The van der Waals surface area contributed by atoms with Crippen LogP contribution in [0.15, 0.2) is 5.10 Å². The predicted octanol–water partition coefficient (Wildman–Crippen LogP) is 3.84. The van der Waals surface area contributed by atoms with E-state index in [0.717, 1.165) is 19.4 Å². The van der Waals surface area contributed by atoms with Crippen LogP contribution in [-0.2, 0) is 0 Å². The van der Waals surface area contributed by atoms with Crippen molar-refractivity contribution in [3.05, 3.63) is 0 Å². The normalized spacial score (nSPS) is 21.5. The van der Waals surface area contributed by atoms with Gasteiger partial charge in [0.1, 0.15) is 6.34 Å². The fourth-order valence-electron chi connectivity index (χ4n) is 1.76. The fraction of sp³-hybridized carbons (Fsp3) is 0.909. The molecule has 1 rings (SSSR count). The van der Waals surface area contributed by atoms with Crippen LogP contribution < -0.4 is 0 Å². The minimum Gasteiger partial charge on any atom is -0.331 e. The van der Waals surface area contributed by atoms with Gasteiger partial charge in [-0.3, -0.25) is 5.01 Å². The van der Waals surface area contributed by atoms with E-state index < -0.39 is 3.79 Å². The van der Waals surface area contributed by atoms with Crippen LogP contribution in [0.5, 0.6) is 0 Å². The Labute approximate surface area is 119 Å². The number of hydrazone groups is 1. The first-order chi connectivity index (χ1) is 7.68. The molecule has 17 heavy (non-hydrogen) atoms. The summed E-state index contributed by atoms with van der Waals surface area (Å²) in [5, 5.41) is 6.21. The Morgan fingerprint density at radius 3 is 2.24 bits per heavy atom. The van der Waals surface area contributed by atoms with Gasteiger partial charge in [0.05, 0.1) is 0 Å². The Bertz CT molecular complexity index is 281. The average Bonchev–Trinajstić information content (AvgIpc) is 2.56. The van der Waals surface area contributed by atoms with Crippen LogP contribution in [0, 0.1) is 0 Å². The number of alkyl halides is 3. The number of rotatable bonds is 3. The molecule has 0 aromatic heterocycles. The molecule has 0 aromatic rings. The molecule has 6 heteroatoms. The fourth-order valence-corrected chi connectivity index (χ4v) is 2.41. The Morgan fingerprint density at radius 1 is 1.24 bits per heavy atom. The lowest BCUT2D eigenvalue weighted by atomic mass is 10.1. The van der Waals surface area contributed by atoms with Crippen LogP contribution in [0.1, 0.15) is 40.5 Å². The molecule has 1 unspecified atom stereocenters. The average molecular weight is 301 g/mol. The van der Waals surface area contributed by atoms with Crippen LogP contribution >= 0.6 is 34.8 Å². The lowest BCUT2D eigenvalue weighted by Crippen LogP contribution is -2.55. The zero-order valence-corrected chi connectivity index (χ0v) is 13.0. The first kappa shape index (κ1) is 15.2. The molecule has 0 saturated heterocycles. The second-order valence-corrected chi connectivity index (χ2v) is 7.61. The summed E-state index contributed by atoms with van der Waals surface area (Å²) in [6.07, 6.45) is 3.56. The number of nitrogens with zero attached hydrogens (tertiary/aromatic N) is 3. The van der Waals surface area contributed by atoms with E-state index in [4.69, 9.17) is 34.8 Å². The third kappa shape index (κ3) is 3.80. The SMILES string of the molecule is CCCCN1N=CN(C(C)(C)C)C1C(Cl)(Cl)Cl. The van der Waals surface area contributed by atoms with E-state index in [9.17, 15) is 0 Å². The topological polar surface area (TPSA) is 18.8 Å². The Hall–Kier alpha value is 0.140. The van der Waals surface area contributed by atoms with Gasteiger partial charge < -0.3 is 4.90 Å². The number of hydrogen-bond acceptors (Lipinski definition) is 3. The van der Waals surface area contributed by atoms with Crippen molar-refractivity contribution in [2.45, 2.75) is 56.0 Å². The maximum atomic E-state index is 6.08. The molecule has 0 N–H and O–H groups in total. The molecule has 0 aliphatic carbocycles. The van der Waals surface area contributed by atoms with Gasteiger partial charge in [-0.1, -0.05) is 48.1 Å². The molecule has 0 amide bonds. The molecule has 0 saturated carbocycles. The Balaban J connectivity index is 2.86. The van der Waals surface area contributed by atoms with Crippen LogP contribution in [-0.4, -0.2) is 38.3 Å². The number of hydrogen-bond donors (Lipinski definition) is 0. The van der Waals surface area contributed by atoms with Gasteiger partial charge in [-0.05, 0) is 27.2 Å². The summed E-state index contributed by atoms with van der Waals surface area (Å²) in [7, 11) is 0. The summed E-state index contributed by atoms with van der Waals surface area (Å²) in [5.74, 6) is 0. The molecule has 100 valence electrons. The summed E-state index contributed by atoms with van der Waals surface area (Å²) in [6, 6.07) is 0. The second kappa shape index (κ2) is 5.41. The first-order valence-electron chi connectivity index (χ1n) is 5.84. The molecule has 1 atom stereocenters. The van der Waals surface area contributed by atoms with E-state index in [2.05, 4.69) is 32.8 Å². The molecular formula is C11H20Cl3N3. The minimum atomic E-state index is -1.38. The van der Waals surface area contributed by atoms with Gasteiger partial charge in [-0.25, -0.2) is 0 Å². The highest BCUT2D eigenvalue weighted by Crippen LogP contribution is 2.39. The van der Waals surface area contributed by atoms with Gasteiger partial charge in [0.15, 0.2) is 6.17 Å². The molecule has 0 fully saturated rings. The van der Waals surface area contributed by atoms with E-state index in [0.29, 0.717) is 0 Å². The van der Waals surface area contributed by atoms with Crippen LogP contribution in [0.4, 0.5) is 0 Å². The zero-order chi connectivity index (χ0) is 13.3. The summed E-state index contributed by atoms with van der Waals surface area (Å²) in [4.78, 5) is 2.00. The van der Waals surface area contributed by atoms with Crippen molar-refractivity contribution in [2.75, 3.05) is 6.54 Å². The lowest BCUT2D eigenvalue weighted by Gasteiger charge is -2.42. The summed E-state index contributed by atoms with van der Waals surface area (Å²) in [6.45, 7) is 9.16. The molecule has 1 aliphatic heterocycles. The van der Waals surface area contributed by atoms with E-state index in [1.807, 2.05) is 9.91 Å². The standard InChI is InChI=1S/C11H20Cl3N3/c1-5-6-7-17-9(11(12,13)14)16(8-15-17)10(2,3)4/h8-9H,5-7H2,1-4H3. The predicted molar refractivity (Wildman–Crippen MR) is 75.8 cm³/mol. The molecule has 0 radical (unpaired) electrons. The van der Waals surface area contributed by atoms with Gasteiger partial charge in [-0.2, -0.15) is 5.10 Å². The van der Waals surface area contributed by atoms with Crippen molar-refractivity contribution in [3.8, 4) is 0 Å². The Kier molecular flexibility index (Phi) is 4.84. The number of halogens is 3. The maximum Gasteiger partial charge on any atom is 0.230 e. The van der Waals surface area contributed by atoms with Crippen molar-refractivity contribution >= 4 is 41.1 Å². The molecule has 0 aromatic carbocycles. The van der Waals surface area contributed by atoms with Crippen molar-refractivity contribution < 1.29 is 0 Å². The molecule has 0 bridgehead atoms. The lowest BCUT2D eigenvalue weighted by molar-refractivity contribution is 0.0773. The third-order valence-electron chi connectivity index (χ3n) is 2.68. The van der Waals surface area contributed by atoms with Crippen LogP contribution in [0.3, 0.4) is 0 Å². The molecule has 3 nitrogen and oxygen atoms in total. The van der Waals surface area contributed by atoms with Crippen molar-refractivity contribution in [1.82, 2.24) is 9.91 Å². The van der Waals surface area contributed by atoms with E-state index in [-0.39, 0.29) is 11.7 Å². The summed E-state index contributed by atoms with van der Waals surface area (Å²) < 4.78 is -1.38. The largest absolute Gasteiger partial charge is 0.331 e. The highest BCUT2D eigenvalue weighted by molar-refractivity contribution is 6.68. The van der Waals surface area contributed by atoms with Crippen LogP contribution in [0.25, 0.3) is 0 Å². The molecule has 1 aliphatic rings. The summed E-state index contributed by atoms with van der Waals surface area (Å²) in [5.41, 5.74) is -0.126. The van der Waals surface area contributed by atoms with Gasteiger partial charge in [0, 0.05) is 12.1 Å². The summed E-state index contributed by atoms with van der Waals surface area (Å²) >= 11 is 18.2. The molecular weight excluding hydrogens is 281 g/mol. The van der Waals surface area contributed by atoms with Gasteiger partial charge in [0.25, 0.3) is 0 Å². The third-order valence-corrected chi connectivity index (χ3v) is 3.26. The quantitative estimate of drug-likeness (QED) is 0.737. The minimum absolute atomic E-state index is 0.126. The van der Waals surface area contributed by atoms with Gasteiger partial charge >= 0.3 is 0 Å². The highest BCUT2D eigenvalue weighted by atomic mass is 35.6. The molecule has 0 spiro atoms. The van der Waals surface area contributed by atoms with E-state index in [1.165, 1.54) is 0 Å². The monoisotopic (exact) mass is 299 g/mol. The smallest absolute Gasteiger partial charge is 0.230 e. The van der Waals surface area contributed by atoms with Crippen molar-refractivity contribution in [1.29, 1.82) is 0 Å². The van der Waals surface area contributed by atoms with Gasteiger partial charge in [0.2, 0.25) is 3.79 Å². The van der Waals surface area contributed by atoms with E-state index in [1.54, 1.807) is 6.34 Å². The first-order valence-corrected chi connectivity index (χ1v) is 6.97. The van der Waals surface area contributed by atoms with E-state index >= 15 is 0 Å². The van der Waals surface area contributed by atoms with Crippen LogP contribution in [0.2, 0.25) is 0 Å². The highest BCUT2D eigenvalue weighted by Gasteiger charge is 2.46. The van der Waals surface area contributed by atoms with Crippen molar-refractivity contribution in [3.63, 3.8) is 0 Å². The molecule has 1 heterocycles. The number of unbranched alkanes of at least 4 members (excludes halogenated alkanes) is 1. The second-order valence-electron chi connectivity index (χ2n) is 5.24. The Morgan fingerprint density at radius 2 is 1.82 bits per heavy atom. The maximum absolute atomic E-state index is 6.08.